The van der Waals surface area contributed by atoms with E-state index in [1.165, 1.54) is 12.1 Å². The normalized spacial score (nSPS) is 9.80. The Balaban J connectivity index is 3.28. The lowest BCUT2D eigenvalue weighted by Crippen LogP contribution is -1.74. The van der Waals surface area contributed by atoms with Gasteiger partial charge in [0.25, 0.3) is 0 Å². The Morgan fingerprint density at radius 3 is 2.30 bits per heavy atom. The zero-order valence-electron chi connectivity index (χ0n) is 4.81. The van der Waals surface area contributed by atoms with E-state index in [1.54, 1.807) is 0 Å². The number of phenols is 2. The molecule has 0 aliphatic rings. The number of rotatable bonds is 0. The van der Waals surface area contributed by atoms with Crippen molar-refractivity contribution < 1.29 is 10.2 Å². The van der Waals surface area contributed by atoms with Crippen LogP contribution in [-0.2, 0) is 0 Å². The molecule has 0 aliphatic carbocycles. The van der Waals surface area contributed by atoms with Crippen LogP contribution in [-0.4, -0.2) is 10.2 Å². The van der Waals surface area contributed by atoms with Gasteiger partial charge in [-0.05, 0) is 50.7 Å². The topological polar surface area (TPSA) is 40.5 Å². The van der Waals surface area contributed by atoms with E-state index in [2.05, 4.69) is 15.9 Å². The quantitative estimate of drug-likeness (QED) is 0.570. The molecule has 0 heterocycles. The Kier molecular flexibility index (Phi) is 2.40. The van der Waals surface area contributed by atoms with Crippen molar-refractivity contribution in [3.05, 3.63) is 20.2 Å². The van der Waals surface area contributed by atoms with Gasteiger partial charge in [0.1, 0.15) is 11.5 Å². The van der Waals surface area contributed by atoms with Crippen molar-refractivity contribution in [1.29, 1.82) is 0 Å². The van der Waals surface area contributed by atoms with Crippen molar-refractivity contribution >= 4 is 38.5 Å². The molecule has 54 valence electrons. The smallest absolute Gasteiger partial charge is 0.131 e. The second-order valence-electron chi connectivity index (χ2n) is 1.76. The molecule has 0 aliphatic heterocycles. The Bertz CT molecular complexity index is 212. The molecule has 0 radical (unpaired) electrons. The van der Waals surface area contributed by atoms with E-state index < -0.39 is 0 Å². The molecule has 0 saturated heterocycles. The Labute approximate surface area is 80.1 Å². The molecule has 0 aromatic heterocycles. The van der Waals surface area contributed by atoms with Crippen LogP contribution in [0.15, 0.2) is 16.6 Å². The minimum Gasteiger partial charge on any atom is -0.507 e. The van der Waals surface area contributed by atoms with Crippen LogP contribution in [0.2, 0.25) is 0 Å². The summed E-state index contributed by atoms with van der Waals surface area (Å²) in [6, 6.07) is 2.94. The summed E-state index contributed by atoms with van der Waals surface area (Å²) >= 11 is 5.00. The van der Waals surface area contributed by atoms with Gasteiger partial charge in [-0.2, -0.15) is 0 Å². The maximum Gasteiger partial charge on any atom is 0.131 e. The summed E-state index contributed by atoms with van der Waals surface area (Å²) in [6.45, 7) is 0. The van der Waals surface area contributed by atoms with Crippen LogP contribution in [0, 0.1) is 3.57 Å². The van der Waals surface area contributed by atoms with Gasteiger partial charge in [0.05, 0.1) is 8.04 Å². The summed E-state index contributed by atoms with van der Waals surface area (Å²) in [5.41, 5.74) is 0. The van der Waals surface area contributed by atoms with Crippen molar-refractivity contribution in [2.75, 3.05) is 0 Å². The van der Waals surface area contributed by atoms with Gasteiger partial charge < -0.3 is 10.2 Å². The van der Waals surface area contributed by atoms with Crippen LogP contribution in [0.4, 0.5) is 0 Å². The third kappa shape index (κ3) is 1.54. The molecular formula is C6H4BrIO2. The molecule has 0 spiro atoms. The number of hydrogen-bond donors (Lipinski definition) is 2. The molecule has 1 aromatic carbocycles. The average Bonchev–Trinajstić information content (AvgIpc) is 1.84. The maximum absolute atomic E-state index is 9.08. The van der Waals surface area contributed by atoms with Crippen molar-refractivity contribution in [2.24, 2.45) is 0 Å². The Hall–Kier alpha value is 0.0300. The van der Waals surface area contributed by atoms with Gasteiger partial charge in [-0.3, -0.25) is 0 Å². The van der Waals surface area contributed by atoms with Crippen molar-refractivity contribution in [1.82, 2.24) is 0 Å². The molecular weight excluding hydrogens is 311 g/mol. The molecule has 2 nitrogen and oxygen atoms in total. The fourth-order valence-electron chi connectivity index (χ4n) is 0.526. The maximum atomic E-state index is 9.08. The fraction of sp³-hybridized carbons (Fsp3) is 0. The Morgan fingerprint density at radius 2 is 1.80 bits per heavy atom. The Morgan fingerprint density at radius 1 is 1.20 bits per heavy atom. The van der Waals surface area contributed by atoms with Crippen LogP contribution < -0.4 is 0 Å². The van der Waals surface area contributed by atoms with Gasteiger partial charge in [-0.25, -0.2) is 0 Å². The first-order valence-electron chi connectivity index (χ1n) is 2.48. The van der Waals surface area contributed by atoms with Crippen molar-refractivity contribution in [2.45, 2.75) is 0 Å². The second-order valence-corrected chi connectivity index (χ2v) is 3.77. The summed E-state index contributed by atoms with van der Waals surface area (Å²) < 4.78 is 1.14. The third-order valence-electron chi connectivity index (χ3n) is 1.02. The highest BCUT2D eigenvalue weighted by atomic mass is 127. The van der Waals surface area contributed by atoms with Crippen LogP contribution in [0.3, 0.4) is 0 Å². The van der Waals surface area contributed by atoms with E-state index >= 15 is 0 Å². The first kappa shape index (κ1) is 8.13. The molecule has 1 rings (SSSR count). The molecule has 0 bridgehead atoms. The summed E-state index contributed by atoms with van der Waals surface area (Å²) in [5.74, 6) is 0.312. The lowest BCUT2D eigenvalue weighted by molar-refractivity contribution is 0.454. The third-order valence-corrected chi connectivity index (χ3v) is 2.52. The van der Waals surface area contributed by atoms with Crippen LogP contribution in [0.5, 0.6) is 11.5 Å². The van der Waals surface area contributed by atoms with Gasteiger partial charge >= 0.3 is 0 Å². The SMILES string of the molecule is Oc1cc(I)c(O)cc1Br. The minimum atomic E-state index is 0.141. The fourth-order valence-corrected chi connectivity index (χ4v) is 1.31. The molecule has 10 heavy (non-hydrogen) atoms. The molecule has 2 N–H and O–H groups in total. The average molecular weight is 315 g/mol. The monoisotopic (exact) mass is 314 g/mol. The molecule has 0 fully saturated rings. The number of benzene rings is 1. The van der Waals surface area contributed by atoms with Crippen LogP contribution in [0.25, 0.3) is 0 Å². The molecule has 0 unspecified atom stereocenters. The molecule has 4 heteroatoms. The van der Waals surface area contributed by atoms with Gasteiger partial charge in [0, 0.05) is 0 Å². The summed E-state index contributed by atoms with van der Waals surface area (Å²) in [4.78, 5) is 0. The highest BCUT2D eigenvalue weighted by Crippen LogP contribution is 2.31. The van der Waals surface area contributed by atoms with Crippen molar-refractivity contribution in [3.63, 3.8) is 0 Å². The first-order valence-corrected chi connectivity index (χ1v) is 4.35. The number of halogens is 2. The lowest BCUT2D eigenvalue weighted by atomic mass is 10.3. The van der Waals surface area contributed by atoms with E-state index in [4.69, 9.17) is 10.2 Å². The predicted molar refractivity (Wildman–Crippen MR) is 50.2 cm³/mol. The van der Waals surface area contributed by atoms with E-state index in [-0.39, 0.29) is 11.5 Å². The van der Waals surface area contributed by atoms with Gasteiger partial charge in [-0.15, -0.1) is 0 Å². The molecule has 0 saturated carbocycles. The molecule has 0 amide bonds. The van der Waals surface area contributed by atoms with E-state index in [0.717, 1.165) is 0 Å². The summed E-state index contributed by atoms with van der Waals surface area (Å²) in [7, 11) is 0. The van der Waals surface area contributed by atoms with E-state index in [1.807, 2.05) is 22.6 Å². The number of phenolic OH excluding ortho intramolecular Hbond substituents is 2. The lowest BCUT2D eigenvalue weighted by Gasteiger charge is -1.99. The molecule has 1 aromatic rings. The van der Waals surface area contributed by atoms with E-state index in [9.17, 15) is 0 Å². The molecule has 0 atom stereocenters. The highest BCUT2D eigenvalue weighted by Gasteiger charge is 2.02. The first-order chi connectivity index (χ1) is 4.61. The highest BCUT2D eigenvalue weighted by molar-refractivity contribution is 14.1. The summed E-state index contributed by atoms with van der Waals surface area (Å²) in [5, 5.41) is 18.1. The van der Waals surface area contributed by atoms with E-state index in [0.29, 0.717) is 8.04 Å². The number of hydrogen-bond acceptors (Lipinski definition) is 2. The van der Waals surface area contributed by atoms with Crippen LogP contribution in [0.1, 0.15) is 0 Å². The van der Waals surface area contributed by atoms with Gasteiger partial charge in [0.15, 0.2) is 0 Å². The minimum absolute atomic E-state index is 0.141. The van der Waals surface area contributed by atoms with Crippen LogP contribution >= 0.6 is 38.5 Å². The second kappa shape index (κ2) is 2.96. The zero-order chi connectivity index (χ0) is 7.72. The van der Waals surface area contributed by atoms with Gasteiger partial charge in [0.2, 0.25) is 0 Å². The predicted octanol–water partition coefficient (Wildman–Crippen LogP) is 2.46. The van der Waals surface area contributed by atoms with Gasteiger partial charge in [-0.1, -0.05) is 0 Å². The number of aromatic hydroxyl groups is 2. The summed E-state index contributed by atoms with van der Waals surface area (Å²) in [6.07, 6.45) is 0. The largest absolute Gasteiger partial charge is 0.507 e. The zero-order valence-corrected chi connectivity index (χ0v) is 8.55. The standard InChI is InChI=1S/C6H4BrIO2/c7-3-1-6(10)4(8)2-5(3)9/h1-2,9-10H. The van der Waals surface area contributed by atoms with Crippen molar-refractivity contribution in [3.8, 4) is 11.5 Å².